The Hall–Kier alpha value is -0.280. The molecular formula is C4H4O7. The molecule has 0 bridgehead atoms. The highest BCUT2D eigenvalue weighted by molar-refractivity contribution is 5.00. The monoisotopic (exact) mass is 164 g/mol. The van der Waals surface area contributed by atoms with E-state index in [1.165, 1.54) is 6.92 Å². The van der Waals surface area contributed by atoms with Crippen LogP contribution >= 0.6 is 0 Å². The van der Waals surface area contributed by atoms with Gasteiger partial charge in [-0.3, -0.25) is 0 Å². The van der Waals surface area contributed by atoms with E-state index in [0.717, 1.165) is 0 Å². The molecule has 62 valence electrons. The second kappa shape index (κ2) is 1.31. The molecule has 0 saturated carbocycles. The van der Waals surface area contributed by atoms with Gasteiger partial charge in [0.1, 0.15) is 0 Å². The zero-order valence-corrected chi connectivity index (χ0v) is 5.40. The zero-order chi connectivity index (χ0) is 7.74. The van der Waals surface area contributed by atoms with Crippen LogP contribution in [-0.4, -0.2) is 22.7 Å². The van der Waals surface area contributed by atoms with Crippen LogP contribution in [0.1, 0.15) is 6.92 Å². The lowest BCUT2D eigenvalue weighted by molar-refractivity contribution is -0.355. The lowest BCUT2D eigenvalue weighted by atomic mass is 10.0. The number of aliphatic hydroxyl groups is 1. The van der Waals surface area contributed by atoms with Crippen LogP contribution in [0.2, 0.25) is 0 Å². The fraction of sp³-hybridized carbons (Fsp3) is 1.00. The molecular weight excluding hydrogens is 160 g/mol. The van der Waals surface area contributed by atoms with Gasteiger partial charge in [-0.05, 0) is 6.92 Å². The van der Waals surface area contributed by atoms with E-state index < -0.39 is 17.5 Å². The van der Waals surface area contributed by atoms with E-state index in [2.05, 4.69) is 29.3 Å². The summed E-state index contributed by atoms with van der Waals surface area (Å²) in [7, 11) is 0. The first-order valence-corrected chi connectivity index (χ1v) is 2.95. The van der Waals surface area contributed by atoms with Crippen molar-refractivity contribution in [2.45, 2.75) is 24.5 Å². The SMILES string of the molecule is CC1(O)C2(OO2)OOC12OO2. The molecule has 3 heterocycles. The topological polar surface area (TPSA) is 88.8 Å². The molecule has 3 aliphatic rings. The van der Waals surface area contributed by atoms with E-state index in [0.29, 0.717) is 0 Å². The van der Waals surface area contributed by atoms with Crippen LogP contribution in [0.25, 0.3) is 0 Å². The summed E-state index contributed by atoms with van der Waals surface area (Å²) < 4.78 is 0. The van der Waals surface area contributed by atoms with Gasteiger partial charge in [0.15, 0.2) is 0 Å². The first-order chi connectivity index (χ1) is 5.12. The Bertz CT molecular complexity index is 192. The van der Waals surface area contributed by atoms with Crippen LogP contribution in [-0.2, 0) is 29.3 Å². The summed E-state index contributed by atoms with van der Waals surface area (Å²) in [5, 5.41) is 9.62. The molecule has 2 spiro atoms. The molecule has 0 unspecified atom stereocenters. The Balaban J connectivity index is 2.03. The summed E-state index contributed by atoms with van der Waals surface area (Å²) in [6.45, 7) is 1.35. The van der Waals surface area contributed by atoms with Gasteiger partial charge in [0.2, 0.25) is 5.60 Å². The number of hydrogen-bond donors (Lipinski definition) is 1. The third-order valence-corrected chi connectivity index (χ3v) is 1.92. The van der Waals surface area contributed by atoms with E-state index in [1.54, 1.807) is 0 Å². The quantitative estimate of drug-likeness (QED) is 0.360. The Kier molecular flexibility index (Phi) is 0.748. The molecule has 0 aromatic rings. The molecule has 0 atom stereocenters. The second-order valence-corrected chi connectivity index (χ2v) is 2.68. The Morgan fingerprint density at radius 2 is 1.09 bits per heavy atom. The van der Waals surface area contributed by atoms with Crippen molar-refractivity contribution in [2.24, 2.45) is 0 Å². The molecule has 3 fully saturated rings. The van der Waals surface area contributed by atoms with Crippen molar-refractivity contribution in [3.63, 3.8) is 0 Å². The molecule has 1 N–H and O–H groups in total. The Morgan fingerprint density at radius 3 is 1.27 bits per heavy atom. The van der Waals surface area contributed by atoms with Gasteiger partial charge in [0.25, 0.3) is 0 Å². The maximum absolute atomic E-state index is 9.62. The normalized spacial score (nSPS) is 39.8. The minimum atomic E-state index is -1.62. The second-order valence-electron chi connectivity index (χ2n) is 2.68. The van der Waals surface area contributed by atoms with Crippen LogP contribution in [0.3, 0.4) is 0 Å². The Morgan fingerprint density at radius 1 is 0.818 bits per heavy atom. The number of hydrogen-bond acceptors (Lipinski definition) is 7. The van der Waals surface area contributed by atoms with Crippen LogP contribution in [0, 0.1) is 0 Å². The van der Waals surface area contributed by atoms with E-state index in [1.807, 2.05) is 0 Å². The first-order valence-electron chi connectivity index (χ1n) is 2.95. The van der Waals surface area contributed by atoms with Crippen molar-refractivity contribution in [2.75, 3.05) is 0 Å². The van der Waals surface area contributed by atoms with Crippen molar-refractivity contribution in [1.29, 1.82) is 0 Å². The van der Waals surface area contributed by atoms with Gasteiger partial charge < -0.3 is 5.11 Å². The minimum Gasteiger partial charge on any atom is -0.375 e. The highest BCUT2D eigenvalue weighted by Gasteiger charge is 2.89. The zero-order valence-electron chi connectivity index (χ0n) is 5.40. The molecule has 7 heteroatoms. The third kappa shape index (κ3) is 0.481. The van der Waals surface area contributed by atoms with E-state index in [4.69, 9.17) is 0 Å². The molecule has 0 aromatic carbocycles. The van der Waals surface area contributed by atoms with Crippen molar-refractivity contribution in [1.82, 2.24) is 0 Å². The maximum atomic E-state index is 9.62. The smallest absolute Gasteiger partial charge is 0.375 e. The van der Waals surface area contributed by atoms with Gasteiger partial charge in [-0.25, -0.2) is 0 Å². The molecule has 3 saturated heterocycles. The predicted molar refractivity (Wildman–Crippen MR) is 22.6 cm³/mol. The van der Waals surface area contributed by atoms with Crippen molar-refractivity contribution in [3.8, 4) is 0 Å². The molecule has 0 aliphatic carbocycles. The van der Waals surface area contributed by atoms with Crippen molar-refractivity contribution >= 4 is 0 Å². The van der Waals surface area contributed by atoms with Crippen molar-refractivity contribution in [3.05, 3.63) is 0 Å². The third-order valence-electron chi connectivity index (χ3n) is 1.92. The highest BCUT2D eigenvalue weighted by Crippen LogP contribution is 2.59. The predicted octanol–water partition coefficient (Wildman–Crippen LogP) is -1.07. The van der Waals surface area contributed by atoms with E-state index in [9.17, 15) is 5.11 Å². The molecule has 0 aromatic heterocycles. The van der Waals surface area contributed by atoms with Gasteiger partial charge in [0.05, 0.1) is 0 Å². The van der Waals surface area contributed by atoms with Crippen LogP contribution in [0.15, 0.2) is 0 Å². The minimum absolute atomic E-state index is 1.35. The van der Waals surface area contributed by atoms with Crippen LogP contribution < -0.4 is 0 Å². The van der Waals surface area contributed by atoms with Gasteiger partial charge in [-0.1, -0.05) is 0 Å². The molecule has 0 radical (unpaired) electrons. The summed E-state index contributed by atoms with van der Waals surface area (Å²) in [6.07, 6.45) is 0. The summed E-state index contributed by atoms with van der Waals surface area (Å²) in [5.74, 6) is -3.16. The fourth-order valence-corrected chi connectivity index (χ4v) is 0.915. The maximum Gasteiger partial charge on any atom is 0.402 e. The fourth-order valence-electron chi connectivity index (χ4n) is 0.915. The van der Waals surface area contributed by atoms with Crippen molar-refractivity contribution < 1.29 is 34.4 Å². The highest BCUT2D eigenvalue weighted by atomic mass is 17.6. The molecule has 7 nitrogen and oxygen atoms in total. The summed E-state index contributed by atoms with van der Waals surface area (Å²) in [5.41, 5.74) is -1.62. The molecule has 3 aliphatic heterocycles. The van der Waals surface area contributed by atoms with Gasteiger partial charge in [-0.2, -0.15) is 29.3 Å². The molecule has 11 heavy (non-hydrogen) atoms. The molecule has 0 amide bonds. The van der Waals surface area contributed by atoms with Crippen LogP contribution in [0.4, 0.5) is 0 Å². The van der Waals surface area contributed by atoms with Gasteiger partial charge in [0, 0.05) is 0 Å². The summed E-state index contributed by atoms with van der Waals surface area (Å²) in [4.78, 5) is 26.6. The summed E-state index contributed by atoms with van der Waals surface area (Å²) >= 11 is 0. The average molecular weight is 164 g/mol. The standard InChI is InChI=1S/C4H4O7/c1-2(5)3(6-7-3)10-11-4(2)8-9-4/h5H,1H3. The summed E-state index contributed by atoms with van der Waals surface area (Å²) in [6, 6.07) is 0. The average Bonchev–Trinajstić information content (AvgIpc) is 2.81. The lowest BCUT2D eigenvalue weighted by Gasteiger charge is -2.12. The van der Waals surface area contributed by atoms with Crippen LogP contribution in [0.5, 0.6) is 0 Å². The Labute approximate surface area is 60.1 Å². The van der Waals surface area contributed by atoms with Gasteiger partial charge >= 0.3 is 11.9 Å². The molecule has 3 rings (SSSR count). The first kappa shape index (κ1) is 6.26. The van der Waals surface area contributed by atoms with E-state index >= 15 is 0 Å². The lowest BCUT2D eigenvalue weighted by Crippen LogP contribution is -2.48. The largest absolute Gasteiger partial charge is 0.402 e. The van der Waals surface area contributed by atoms with Gasteiger partial charge in [-0.15, -0.1) is 0 Å². The number of rotatable bonds is 0. The van der Waals surface area contributed by atoms with E-state index in [-0.39, 0.29) is 0 Å².